The molecule has 82 valence electrons. The third kappa shape index (κ3) is 3.26. The van der Waals surface area contributed by atoms with Crippen LogP contribution in [0.3, 0.4) is 0 Å². The number of benzene rings is 1. The van der Waals surface area contributed by atoms with E-state index in [0.29, 0.717) is 10.7 Å². The van der Waals surface area contributed by atoms with Crippen molar-refractivity contribution in [3.05, 3.63) is 28.8 Å². The second-order valence-corrected chi connectivity index (χ2v) is 3.55. The van der Waals surface area contributed by atoms with Gasteiger partial charge in [0.05, 0.1) is 5.69 Å². The number of anilines is 1. The highest BCUT2D eigenvalue weighted by molar-refractivity contribution is 6.45. The van der Waals surface area contributed by atoms with Gasteiger partial charge in [-0.25, -0.2) is 0 Å². The molecular weight excluding hydrogens is 226 g/mol. The van der Waals surface area contributed by atoms with E-state index in [1.807, 2.05) is 13.0 Å². The topological polar surface area (TPSA) is 98.0 Å². The Balaban J connectivity index is 2.90. The molecule has 1 aromatic carbocycles. The van der Waals surface area contributed by atoms with Crippen molar-refractivity contribution in [2.24, 2.45) is 10.8 Å². The van der Waals surface area contributed by atoms with E-state index < -0.39 is 0 Å². The summed E-state index contributed by atoms with van der Waals surface area (Å²) < 4.78 is 0. The van der Waals surface area contributed by atoms with Crippen molar-refractivity contribution in [2.75, 3.05) is 5.43 Å². The van der Waals surface area contributed by atoms with Crippen molar-refractivity contribution >= 4 is 28.8 Å². The summed E-state index contributed by atoms with van der Waals surface area (Å²) in [5.41, 5.74) is 9.19. The first kappa shape index (κ1) is 12.0. The van der Waals surface area contributed by atoms with E-state index in [-0.39, 0.29) is 11.5 Å². The fourth-order valence-corrected chi connectivity index (χ4v) is 1.36. The Morgan fingerprint density at radius 2 is 2.25 bits per heavy atom. The molecular formula is C10H10ClN5. The second kappa shape index (κ2) is 5.14. The van der Waals surface area contributed by atoms with Gasteiger partial charge in [0.25, 0.3) is 0 Å². The number of halogens is 1. The number of nitrogens with one attached hydrogen (secondary N) is 2. The van der Waals surface area contributed by atoms with Gasteiger partial charge in [0.1, 0.15) is 6.07 Å². The molecule has 0 amide bonds. The van der Waals surface area contributed by atoms with E-state index in [2.05, 4.69) is 10.5 Å². The first-order valence-corrected chi connectivity index (χ1v) is 4.76. The monoisotopic (exact) mass is 235 g/mol. The number of hydrogen-bond acceptors (Lipinski definition) is 4. The number of amidine groups is 1. The zero-order valence-electron chi connectivity index (χ0n) is 8.58. The maximum Gasteiger partial charge on any atom is 0.201 e. The molecule has 1 aromatic rings. The average molecular weight is 236 g/mol. The second-order valence-electron chi connectivity index (χ2n) is 3.11. The molecule has 0 bridgehead atoms. The minimum atomic E-state index is -0.381. The van der Waals surface area contributed by atoms with Crippen LogP contribution in [0.5, 0.6) is 0 Å². The molecule has 6 heteroatoms. The van der Waals surface area contributed by atoms with Crippen molar-refractivity contribution in [3.8, 4) is 6.07 Å². The van der Waals surface area contributed by atoms with Gasteiger partial charge in [-0.3, -0.25) is 10.8 Å². The maximum absolute atomic E-state index is 8.62. The van der Waals surface area contributed by atoms with Crippen molar-refractivity contribution in [1.29, 1.82) is 10.7 Å². The number of nitrogens with zero attached hydrogens (tertiary/aromatic N) is 2. The number of nitrogens with two attached hydrogens (primary N) is 1. The number of rotatable bonds is 3. The van der Waals surface area contributed by atoms with Crippen LogP contribution in [0.25, 0.3) is 0 Å². The molecule has 0 aliphatic carbocycles. The van der Waals surface area contributed by atoms with Crippen LogP contribution in [-0.2, 0) is 0 Å². The zero-order chi connectivity index (χ0) is 12.1. The molecule has 0 radical (unpaired) electrons. The van der Waals surface area contributed by atoms with Crippen LogP contribution in [0, 0.1) is 23.7 Å². The van der Waals surface area contributed by atoms with E-state index in [4.69, 9.17) is 28.0 Å². The molecule has 0 aliphatic heterocycles. The highest BCUT2D eigenvalue weighted by atomic mass is 35.5. The molecule has 0 saturated heterocycles. The fraction of sp³-hybridized carbons (Fsp3) is 0.100. The molecule has 0 aromatic heterocycles. The quantitative estimate of drug-likeness (QED) is 0.424. The van der Waals surface area contributed by atoms with Crippen LogP contribution >= 0.6 is 11.6 Å². The molecule has 0 spiro atoms. The Bertz CT molecular complexity index is 466. The predicted octanol–water partition coefficient (Wildman–Crippen LogP) is 1.88. The Morgan fingerprint density at radius 1 is 1.56 bits per heavy atom. The van der Waals surface area contributed by atoms with Crippen LogP contribution in [0.1, 0.15) is 5.56 Å². The van der Waals surface area contributed by atoms with Crippen molar-refractivity contribution in [3.63, 3.8) is 0 Å². The lowest BCUT2D eigenvalue weighted by Crippen LogP contribution is -2.21. The fourth-order valence-electron chi connectivity index (χ4n) is 1.07. The lowest BCUT2D eigenvalue weighted by Gasteiger charge is -2.03. The lowest BCUT2D eigenvalue weighted by molar-refractivity contribution is 1.32. The minimum absolute atomic E-state index is 0.169. The van der Waals surface area contributed by atoms with Gasteiger partial charge in [-0.1, -0.05) is 11.6 Å². The first-order valence-electron chi connectivity index (χ1n) is 4.38. The molecule has 0 saturated carbocycles. The summed E-state index contributed by atoms with van der Waals surface area (Å²) in [5.74, 6) is -0.381. The maximum atomic E-state index is 8.62. The molecule has 16 heavy (non-hydrogen) atoms. The highest BCUT2D eigenvalue weighted by Gasteiger charge is 2.01. The van der Waals surface area contributed by atoms with E-state index in [0.717, 1.165) is 5.56 Å². The smallest absolute Gasteiger partial charge is 0.201 e. The van der Waals surface area contributed by atoms with E-state index >= 15 is 0 Å². The summed E-state index contributed by atoms with van der Waals surface area (Å²) in [5, 5.41) is 19.9. The number of nitriles is 1. The number of aryl methyl sites for hydroxylation is 1. The van der Waals surface area contributed by atoms with Gasteiger partial charge < -0.3 is 5.73 Å². The summed E-state index contributed by atoms with van der Waals surface area (Å²) in [7, 11) is 0. The number of hydrogen-bond donors (Lipinski definition) is 3. The van der Waals surface area contributed by atoms with Gasteiger partial charge in [-0.15, -0.1) is 0 Å². The van der Waals surface area contributed by atoms with Crippen LogP contribution in [-0.4, -0.2) is 11.5 Å². The molecule has 0 atom stereocenters. The van der Waals surface area contributed by atoms with Gasteiger partial charge in [-0.2, -0.15) is 10.4 Å². The molecule has 5 nitrogen and oxygen atoms in total. The highest BCUT2D eigenvalue weighted by Crippen LogP contribution is 2.18. The van der Waals surface area contributed by atoms with Crippen molar-refractivity contribution < 1.29 is 0 Å². The molecule has 0 unspecified atom stereocenters. The van der Waals surface area contributed by atoms with Gasteiger partial charge in [0.15, 0.2) is 5.84 Å². The Morgan fingerprint density at radius 3 is 2.75 bits per heavy atom. The molecule has 0 fully saturated rings. The van der Waals surface area contributed by atoms with E-state index in [1.54, 1.807) is 18.2 Å². The summed E-state index contributed by atoms with van der Waals surface area (Å²) in [6, 6.07) is 6.97. The van der Waals surface area contributed by atoms with Gasteiger partial charge in [0.2, 0.25) is 5.71 Å². The third-order valence-electron chi connectivity index (χ3n) is 1.70. The first-order chi connectivity index (χ1) is 7.52. The minimum Gasteiger partial charge on any atom is -0.382 e. The van der Waals surface area contributed by atoms with Crippen LogP contribution in [0.15, 0.2) is 23.3 Å². The summed E-state index contributed by atoms with van der Waals surface area (Å²) in [4.78, 5) is 0. The average Bonchev–Trinajstić information content (AvgIpc) is 2.16. The third-order valence-corrected chi connectivity index (χ3v) is 1.92. The van der Waals surface area contributed by atoms with Gasteiger partial charge >= 0.3 is 0 Å². The van der Waals surface area contributed by atoms with E-state index in [1.165, 1.54) is 0 Å². The molecule has 1 rings (SSSR count). The van der Waals surface area contributed by atoms with Gasteiger partial charge in [0, 0.05) is 5.02 Å². The lowest BCUT2D eigenvalue weighted by atomic mass is 10.2. The summed E-state index contributed by atoms with van der Waals surface area (Å²) in [6.07, 6.45) is 0. The summed E-state index contributed by atoms with van der Waals surface area (Å²) in [6.45, 7) is 1.89. The molecule has 4 N–H and O–H groups in total. The largest absolute Gasteiger partial charge is 0.382 e. The van der Waals surface area contributed by atoms with Crippen LogP contribution in [0.2, 0.25) is 5.02 Å². The summed E-state index contributed by atoms with van der Waals surface area (Å²) >= 11 is 5.84. The Hall–Kier alpha value is -2.06. The Kier molecular flexibility index (Phi) is 3.86. The van der Waals surface area contributed by atoms with Crippen molar-refractivity contribution in [1.82, 2.24) is 0 Å². The molecule has 0 aliphatic rings. The van der Waals surface area contributed by atoms with Crippen LogP contribution in [0.4, 0.5) is 5.69 Å². The van der Waals surface area contributed by atoms with Crippen molar-refractivity contribution in [2.45, 2.75) is 6.92 Å². The standard InChI is InChI=1S/C10H10ClN5/c1-6-2-7(11)4-8(3-6)15-16-9(5-12)10(13)14/h2-4,15H,1H3,(H3,13,14)/b16-9+. The van der Waals surface area contributed by atoms with Crippen LogP contribution < -0.4 is 11.2 Å². The normalized spacial score (nSPS) is 10.7. The van der Waals surface area contributed by atoms with Gasteiger partial charge in [-0.05, 0) is 30.7 Å². The number of hydrazone groups is 1. The SMILES string of the molecule is Cc1cc(Cl)cc(N/N=C(\C#N)C(=N)N)c1. The van der Waals surface area contributed by atoms with E-state index in [9.17, 15) is 0 Å². The Labute approximate surface area is 98.0 Å². The predicted molar refractivity (Wildman–Crippen MR) is 64.8 cm³/mol. The molecule has 0 heterocycles. The zero-order valence-corrected chi connectivity index (χ0v) is 9.34.